The van der Waals surface area contributed by atoms with Gasteiger partial charge in [-0.05, 0) is 56.3 Å². The van der Waals surface area contributed by atoms with Crippen LogP contribution in [0.3, 0.4) is 0 Å². The normalized spacial score (nSPS) is 23.9. The Morgan fingerprint density at radius 2 is 2.00 bits per heavy atom. The third kappa shape index (κ3) is 3.01. The molecule has 0 aliphatic heterocycles. The summed E-state index contributed by atoms with van der Waals surface area (Å²) >= 11 is 0. The van der Waals surface area contributed by atoms with Crippen molar-refractivity contribution >= 4 is 0 Å². The van der Waals surface area contributed by atoms with Crippen LogP contribution in [0.1, 0.15) is 24.8 Å². The molecule has 94 valence electrons. The number of nitrogens with one attached hydrogen (secondary N) is 1. The molecule has 2 nitrogen and oxygen atoms in total. The SMILES string of the molecule is CNCC1CCCC1Cc1ccccc1OC. The Morgan fingerprint density at radius 3 is 2.76 bits per heavy atom. The maximum absolute atomic E-state index is 5.44. The maximum Gasteiger partial charge on any atom is 0.122 e. The van der Waals surface area contributed by atoms with Gasteiger partial charge in [0.05, 0.1) is 7.11 Å². The van der Waals surface area contributed by atoms with Gasteiger partial charge in [0.15, 0.2) is 0 Å². The van der Waals surface area contributed by atoms with Crippen molar-refractivity contribution in [1.29, 1.82) is 0 Å². The molecule has 0 radical (unpaired) electrons. The van der Waals surface area contributed by atoms with E-state index in [1.807, 2.05) is 6.07 Å². The predicted octanol–water partition coefficient (Wildman–Crippen LogP) is 2.87. The molecule has 2 heteroatoms. The van der Waals surface area contributed by atoms with Crippen LogP contribution in [0.2, 0.25) is 0 Å². The maximum atomic E-state index is 5.44. The van der Waals surface area contributed by atoms with Crippen LogP contribution >= 0.6 is 0 Å². The first-order valence-corrected chi connectivity index (χ1v) is 6.61. The number of hydrogen-bond acceptors (Lipinski definition) is 2. The van der Waals surface area contributed by atoms with Gasteiger partial charge >= 0.3 is 0 Å². The van der Waals surface area contributed by atoms with E-state index in [0.29, 0.717) is 0 Å². The highest BCUT2D eigenvalue weighted by atomic mass is 16.5. The van der Waals surface area contributed by atoms with Crippen molar-refractivity contribution in [1.82, 2.24) is 5.32 Å². The van der Waals surface area contributed by atoms with E-state index in [4.69, 9.17) is 4.74 Å². The van der Waals surface area contributed by atoms with Crippen LogP contribution in [-0.4, -0.2) is 20.7 Å². The summed E-state index contributed by atoms with van der Waals surface area (Å²) in [6.07, 6.45) is 5.29. The quantitative estimate of drug-likeness (QED) is 0.844. The third-order valence-electron chi connectivity index (χ3n) is 3.96. The monoisotopic (exact) mass is 233 g/mol. The highest BCUT2D eigenvalue weighted by molar-refractivity contribution is 5.33. The first-order chi connectivity index (χ1) is 8.35. The molecule has 0 spiro atoms. The Hall–Kier alpha value is -1.02. The molecule has 1 aromatic carbocycles. The highest BCUT2D eigenvalue weighted by Crippen LogP contribution is 2.35. The fraction of sp³-hybridized carbons (Fsp3) is 0.600. The molecule has 2 rings (SSSR count). The van der Waals surface area contributed by atoms with E-state index < -0.39 is 0 Å². The van der Waals surface area contributed by atoms with Gasteiger partial charge in [-0.1, -0.05) is 24.6 Å². The van der Waals surface area contributed by atoms with Gasteiger partial charge in [0.25, 0.3) is 0 Å². The summed E-state index contributed by atoms with van der Waals surface area (Å²) in [6, 6.07) is 8.42. The minimum absolute atomic E-state index is 0.818. The van der Waals surface area contributed by atoms with Crippen LogP contribution in [0.15, 0.2) is 24.3 Å². The number of rotatable bonds is 5. The molecule has 1 N–H and O–H groups in total. The summed E-state index contributed by atoms with van der Waals surface area (Å²) < 4.78 is 5.44. The van der Waals surface area contributed by atoms with Crippen molar-refractivity contribution < 1.29 is 4.74 Å². The average Bonchev–Trinajstić information content (AvgIpc) is 2.78. The first kappa shape index (κ1) is 12.4. The summed E-state index contributed by atoms with van der Waals surface area (Å²) in [5.74, 6) is 2.70. The van der Waals surface area contributed by atoms with Gasteiger partial charge in [0.2, 0.25) is 0 Å². The van der Waals surface area contributed by atoms with E-state index in [2.05, 4.69) is 30.6 Å². The molecule has 0 amide bonds. The molecular weight excluding hydrogens is 210 g/mol. The summed E-state index contributed by atoms with van der Waals surface area (Å²) in [4.78, 5) is 0. The number of para-hydroxylation sites is 1. The second-order valence-corrected chi connectivity index (χ2v) is 5.02. The fourth-order valence-corrected chi connectivity index (χ4v) is 3.07. The van der Waals surface area contributed by atoms with E-state index in [1.54, 1.807) is 7.11 Å². The molecule has 1 aliphatic carbocycles. The number of methoxy groups -OCH3 is 1. The standard InChI is InChI=1S/C15H23NO/c1-16-11-14-8-5-7-12(14)10-13-6-3-4-9-15(13)17-2/h3-4,6,9,12,14,16H,5,7-8,10-11H2,1-2H3. The zero-order chi connectivity index (χ0) is 12.1. The lowest BCUT2D eigenvalue weighted by molar-refractivity contribution is 0.362. The smallest absolute Gasteiger partial charge is 0.122 e. The van der Waals surface area contributed by atoms with Crippen molar-refractivity contribution in [2.24, 2.45) is 11.8 Å². The number of ether oxygens (including phenoxy) is 1. The molecule has 1 aromatic rings. The van der Waals surface area contributed by atoms with Gasteiger partial charge in [0.1, 0.15) is 5.75 Å². The van der Waals surface area contributed by atoms with Crippen LogP contribution in [-0.2, 0) is 6.42 Å². The van der Waals surface area contributed by atoms with Crippen LogP contribution in [0, 0.1) is 11.8 Å². The molecule has 0 aromatic heterocycles. The zero-order valence-corrected chi connectivity index (χ0v) is 10.9. The topological polar surface area (TPSA) is 21.3 Å². The fourth-order valence-electron chi connectivity index (χ4n) is 3.07. The zero-order valence-electron chi connectivity index (χ0n) is 10.9. The van der Waals surface area contributed by atoms with E-state index in [0.717, 1.165) is 30.6 Å². The van der Waals surface area contributed by atoms with E-state index in [1.165, 1.54) is 24.8 Å². The molecular formula is C15H23NO. The second kappa shape index (κ2) is 6.06. The minimum atomic E-state index is 0.818. The Morgan fingerprint density at radius 1 is 1.24 bits per heavy atom. The molecule has 2 unspecified atom stereocenters. The molecule has 1 fully saturated rings. The second-order valence-electron chi connectivity index (χ2n) is 5.02. The van der Waals surface area contributed by atoms with Gasteiger partial charge in [-0.25, -0.2) is 0 Å². The van der Waals surface area contributed by atoms with E-state index in [9.17, 15) is 0 Å². The van der Waals surface area contributed by atoms with Gasteiger partial charge in [-0.2, -0.15) is 0 Å². The average molecular weight is 233 g/mol. The Labute approximate surface area is 104 Å². The molecule has 2 atom stereocenters. The summed E-state index contributed by atoms with van der Waals surface area (Å²) in [5, 5.41) is 3.32. The summed E-state index contributed by atoms with van der Waals surface area (Å²) in [5.41, 5.74) is 1.36. The van der Waals surface area contributed by atoms with Gasteiger partial charge < -0.3 is 10.1 Å². The van der Waals surface area contributed by atoms with Gasteiger partial charge in [0, 0.05) is 0 Å². The van der Waals surface area contributed by atoms with Crippen LogP contribution < -0.4 is 10.1 Å². The molecule has 0 saturated heterocycles. The predicted molar refractivity (Wildman–Crippen MR) is 71.5 cm³/mol. The highest BCUT2D eigenvalue weighted by Gasteiger charge is 2.27. The molecule has 1 saturated carbocycles. The van der Waals surface area contributed by atoms with Crippen LogP contribution in [0.25, 0.3) is 0 Å². The Balaban J connectivity index is 2.04. The molecule has 0 heterocycles. The van der Waals surface area contributed by atoms with E-state index in [-0.39, 0.29) is 0 Å². The molecule has 1 aliphatic rings. The van der Waals surface area contributed by atoms with Crippen molar-refractivity contribution in [2.45, 2.75) is 25.7 Å². The van der Waals surface area contributed by atoms with Crippen LogP contribution in [0.4, 0.5) is 0 Å². The lowest BCUT2D eigenvalue weighted by Crippen LogP contribution is -2.23. The van der Waals surface area contributed by atoms with Crippen molar-refractivity contribution in [3.05, 3.63) is 29.8 Å². The van der Waals surface area contributed by atoms with Crippen LogP contribution in [0.5, 0.6) is 5.75 Å². The molecule has 17 heavy (non-hydrogen) atoms. The minimum Gasteiger partial charge on any atom is -0.496 e. The van der Waals surface area contributed by atoms with Gasteiger partial charge in [-0.3, -0.25) is 0 Å². The largest absolute Gasteiger partial charge is 0.496 e. The lowest BCUT2D eigenvalue weighted by Gasteiger charge is -2.20. The first-order valence-electron chi connectivity index (χ1n) is 6.61. The van der Waals surface area contributed by atoms with E-state index >= 15 is 0 Å². The van der Waals surface area contributed by atoms with Crippen molar-refractivity contribution in [3.63, 3.8) is 0 Å². The third-order valence-corrected chi connectivity index (χ3v) is 3.96. The summed E-state index contributed by atoms with van der Waals surface area (Å²) in [7, 11) is 3.82. The van der Waals surface area contributed by atoms with Gasteiger partial charge in [-0.15, -0.1) is 0 Å². The molecule has 0 bridgehead atoms. The lowest BCUT2D eigenvalue weighted by atomic mass is 9.89. The summed E-state index contributed by atoms with van der Waals surface area (Å²) in [6.45, 7) is 1.15. The van der Waals surface area contributed by atoms with Crippen molar-refractivity contribution in [3.8, 4) is 5.75 Å². The van der Waals surface area contributed by atoms with Crippen molar-refractivity contribution in [2.75, 3.05) is 20.7 Å². The Bertz CT molecular complexity index is 351. The number of hydrogen-bond donors (Lipinski definition) is 1. The Kier molecular flexibility index (Phi) is 4.43. The number of benzene rings is 1.